The summed E-state index contributed by atoms with van der Waals surface area (Å²) in [7, 11) is -3.15. The van der Waals surface area contributed by atoms with Gasteiger partial charge in [0, 0.05) is 18.4 Å². The second-order valence-corrected chi connectivity index (χ2v) is 6.52. The Kier molecular flexibility index (Phi) is 4.04. The maximum atomic E-state index is 12.0. The van der Waals surface area contributed by atoms with Crippen molar-refractivity contribution < 1.29 is 13.2 Å². The lowest BCUT2D eigenvalue weighted by molar-refractivity contribution is -0.132. The van der Waals surface area contributed by atoms with Gasteiger partial charge in [-0.05, 0) is 11.6 Å². The van der Waals surface area contributed by atoms with Gasteiger partial charge in [0.15, 0.2) is 9.84 Å². The number of hydrogen-bond donors (Lipinski definition) is 0. The molecule has 0 saturated heterocycles. The second-order valence-electron chi connectivity index (χ2n) is 4.59. The molecule has 2 rings (SSSR count). The maximum Gasteiger partial charge on any atom is 0.223 e. The summed E-state index contributed by atoms with van der Waals surface area (Å²) in [6.07, 6.45) is 1.98. The van der Waals surface area contributed by atoms with Crippen LogP contribution in [0, 0.1) is 0 Å². The number of rotatable bonds is 4. The minimum absolute atomic E-state index is 0.00836. The first kappa shape index (κ1) is 13.8. The van der Waals surface area contributed by atoms with E-state index >= 15 is 0 Å². The summed E-state index contributed by atoms with van der Waals surface area (Å²) in [6.45, 7) is 2.23. The van der Waals surface area contributed by atoms with Crippen molar-refractivity contribution in [2.45, 2.75) is 25.9 Å². The number of sulfone groups is 1. The van der Waals surface area contributed by atoms with E-state index in [0.717, 1.165) is 5.56 Å². The van der Waals surface area contributed by atoms with Gasteiger partial charge in [0.2, 0.25) is 5.91 Å². The third kappa shape index (κ3) is 3.44. The van der Waals surface area contributed by atoms with Crippen molar-refractivity contribution in [3.8, 4) is 0 Å². The van der Waals surface area contributed by atoms with E-state index in [1.807, 2.05) is 30.3 Å². The van der Waals surface area contributed by atoms with Crippen LogP contribution in [0.4, 0.5) is 0 Å². The van der Waals surface area contributed by atoms with Gasteiger partial charge in [0.05, 0.1) is 11.8 Å². The lowest BCUT2D eigenvalue weighted by atomic mass is 10.1. The van der Waals surface area contributed by atoms with Crippen LogP contribution in [0.3, 0.4) is 0 Å². The van der Waals surface area contributed by atoms with Crippen LogP contribution in [0.5, 0.6) is 0 Å². The maximum absolute atomic E-state index is 12.0. The van der Waals surface area contributed by atoms with Crippen LogP contribution in [0.1, 0.15) is 18.9 Å². The van der Waals surface area contributed by atoms with Gasteiger partial charge in [-0.25, -0.2) is 8.42 Å². The van der Waals surface area contributed by atoms with Crippen LogP contribution < -0.4 is 0 Å². The normalized spacial score (nSPS) is 20.4. The van der Waals surface area contributed by atoms with Gasteiger partial charge in [0.25, 0.3) is 0 Å². The van der Waals surface area contributed by atoms with Crippen molar-refractivity contribution in [2.75, 3.05) is 5.75 Å². The SMILES string of the molecule is CCC(=O)N(Cc1ccccc1)C1C=CS(=O)(=O)C1. The molecule has 4 nitrogen and oxygen atoms in total. The lowest BCUT2D eigenvalue weighted by Crippen LogP contribution is -2.40. The van der Waals surface area contributed by atoms with Crippen molar-refractivity contribution >= 4 is 15.7 Å². The van der Waals surface area contributed by atoms with Gasteiger partial charge >= 0.3 is 0 Å². The van der Waals surface area contributed by atoms with Gasteiger partial charge in [0.1, 0.15) is 0 Å². The third-order valence-electron chi connectivity index (χ3n) is 3.13. The molecule has 1 atom stereocenters. The van der Waals surface area contributed by atoms with E-state index in [1.54, 1.807) is 17.9 Å². The summed E-state index contributed by atoms with van der Waals surface area (Å²) in [5.74, 6) is -0.0402. The summed E-state index contributed by atoms with van der Waals surface area (Å²) < 4.78 is 23.0. The Morgan fingerprint density at radius 3 is 2.53 bits per heavy atom. The molecule has 1 heterocycles. The Labute approximate surface area is 113 Å². The number of hydrogen-bond acceptors (Lipinski definition) is 3. The van der Waals surface area contributed by atoms with E-state index in [2.05, 4.69) is 0 Å². The van der Waals surface area contributed by atoms with Gasteiger partial charge in [-0.15, -0.1) is 0 Å². The zero-order valence-electron chi connectivity index (χ0n) is 10.8. The van der Waals surface area contributed by atoms with Gasteiger partial charge < -0.3 is 4.90 Å². The second kappa shape index (κ2) is 5.57. The summed E-state index contributed by atoms with van der Waals surface area (Å²) in [6, 6.07) is 9.25. The largest absolute Gasteiger partial charge is 0.331 e. The molecular formula is C14H17NO3S. The smallest absolute Gasteiger partial charge is 0.223 e. The van der Waals surface area contributed by atoms with Crippen molar-refractivity contribution in [2.24, 2.45) is 0 Å². The molecule has 0 N–H and O–H groups in total. The predicted octanol–water partition coefficient (Wildman–Crippen LogP) is 1.74. The summed E-state index contributed by atoms with van der Waals surface area (Å²) in [4.78, 5) is 13.6. The van der Waals surface area contributed by atoms with Gasteiger partial charge in [-0.2, -0.15) is 0 Å². The highest BCUT2D eigenvalue weighted by Crippen LogP contribution is 2.18. The molecular weight excluding hydrogens is 262 g/mol. The number of nitrogens with zero attached hydrogens (tertiary/aromatic N) is 1. The van der Waals surface area contributed by atoms with Crippen LogP contribution in [-0.4, -0.2) is 31.0 Å². The van der Waals surface area contributed by atoms with E-state index in [0.29, 0.717) is 13.0 Å². The predicted molar refractivity (Wildman–Crippen MR) is 74.0 cm³/mol. The van der Waals surface area contributed by atoms with E-state index in [4.69, 9.17) is 0 Å². The van der Waals surface area contributed by atoms with E-state index < -0.39 is 9.84 Å². The molecule has 0 saturated carbocycles. The first-order valence-corrected chi connectivity index (χ1v) is 7.98. The molecule has 0 radical (unpaired) electrons. The standard InChI is InChI=1S/C14H17NO3S/c1-2-14(16)15(10-12-6-4-3-5-7-12)13-8-9-19(17,18)11-13/h3-9,13H,2,10-11H2,1H3. The minimum Gasteiger partial charge on any atom is -0.331 e. The van der Waals surface area contributed by atoms with Crippen LogP contribution in [0.15, 0.2) is 41.8 Å². The molecule has 1 aromatic carbocycles. The highest BCUT2D eigenvalue weighted by Gasteiger charge is 2.29. The molecule has 1 unspecified atom stereocenters. The summed E-state index contributed by atoms with van der Waals surface area (Å²) >= 11 is 0. The molecule has 0 fully saturated rings. The zero-order chi connectivity index (χ0) is 13.9. The fourth-order valence-electron chi connectivity index (χ4n) is 2.13. The number of carbonyl (C=O) groups is 1. The number of benzene rings is 1. The quantitative estimate of drug-likeness (QED) is 0.843. The van der Waals surface area contributed by atoms with Crippen molar-refractivity contribution in [1.82, 2.24) is 4.90 Å². The Hall–Kier alpha value is -1.62. The van der Waals surface area contributed by atoms with Crippen molar-refractivity contribution in [1.29, 1.82) is 0 Å². The molecule has 1 amide bonds. The molecule has 0 aliphatic carbocycles. The van der Waals surface area contributed by atoms with Crippen molar-refractivity contribution in [3.05, 3.63) is 47.4 Å². The van der Waals surface area contributed by atoms with Gasteiger partial charge in [-0.3, -0.25) is 4.79 Å². The molecule has 1 aliphatic rings. The van der Waals surface area contributed by atoms with Crippen LogP contribution >= 0.6 is 0 Å². The molecule has 0 aromatic heterocycles. The summed E-state index contributed by atoms with van der Waals surface area (Å²) in [5.41, 5.74) is 1.00. The van der Waals surface area contributed by atoms with E-state index in [9.17, 15) is 13.2 Å². The first-order chi connectivity index (χ1) is 9.02. The van der Waals surface area contributed by atoms with Gasteiger partial charge in [-0.1, -0.05) is 37.3 Å². The first-order valence-electron chi connectivity index (χ1n) is 6.26. The number of carbonyl (C=O) groups excluding carboxylic acids is 1. The number of amides is 1. The molecule has 1 aliphatic heterocycles. The summed E-state index contributed by atoms with van der Waals surface area (Å²) in [5, 5.41) is 1.21. The Morgan fingerprint density at radius 1 is 1.32 bits per heavy atom. The van der Waals surface area contributed by atoms with Crippen molar-refractivity contribution in [3.63, 3.8) is 0 Å². The topological polar surface area (TPSA) is 54.5 Å². The molecule has 0 spiro atoms. The van der Waals surface area contributed by atoms with E-state index in [-0.39, 0.29) is 17.7 Å². The molecule has 19 heavy (non-hydrogen) atoms. The molecule has 102 valence electrons. The fraction of sp³-hybridized carbons (Fsp3) is 0.357. The highest BCUT2D eigenvalue weighted by molar-refractivity contribution is 7.94. The minimum atomic E-state index is -3.15. The molecule has 0 bridgehead atoms. The van der Waals surface area contributed by atoms with Crippen LogP contribution in [0.2, 0.25) is 0 Å². The Morgan fingerprint density at radius 2 is 2.00 bits per heavy atom. The van der Waals surface area contributed by atoms with Crippen LogP contribution in [-0.2, 0) is 21.2 Å². The fourth-order valence-corrected chi connectivity index (χ4v) is 3.43. The average molecular weight is 279 g/mol. The average Bonchev–Trinajstić information content (AvgIpc) is 2.76. The Balaban J connectivity index is 2.18. The van der Waals surface area contributed by atoms with Crippen LogP contribution in [0.25, 0.3) is 0 Å². The lowest BCUT2D eigenvalue weighted by Gasteiger charge is -2.27. The zero-order valence-corrected chi connectivity index (χ0v) is 11.6. The highest BCUT2D eigenvalue weighted by atomic mass is 32.2. The monoisotopic (exact) mass is 279 g/mol. The van der Waals surface area contributed by atoms with E-state index in [1.165, 1.54) is 5.41 Å². The third-order valence-corrected chi connectivity index (χ3v) is 4.51. The molecule has 5 heteroatoms. The molecule has 1 aromatic rings. The Bertz CT molecular complexity index is 578.